The van der Waals surface area contributed by atoms with Crippen molar-refractivity contribution in [3.05, 3.63) is 87.2 Å². The summed E-state index contributed by atoms with van der Waals surface area (Å²) in [6.07, 6.45) is 0.881. The molecule has 4 nitrogen and oxygen atoms in total. The van der Waals surface area contributed by atoms with Gasteiger partial charge >= 0.3 is 5.97 Å². The monoisotopic (exact) mass is 510 g/mol. The van der Waals surface area contributed by atoms with E-state index < -0.39 is 5.97 Å². The molecule has 34 heavy (non-hydrogen) atoms. The SMILES string of the molecule is COC(=O)c1cc(Nc2nc(-c3ccc(Cl)c(Cl)c3)c(CC(C)C)s2)cc(-c2ccccc2)c1. The molecule has 4 rings (SSSR count). The number of aromatic nitrogens is 1. The Hall–Kier alpha value is -2.86. The van der Waals surface area contributed by atoms with Gasteiger partial charge in [-0.25, -0.2) is 9.78 Å². The fraction of sp³-hybridized carbons (Fsp3) is 0.185. The number of rotatable bonds is 7. The number of nitrogens with zero attached hydrogens (tertiary/aromatic N) is 1. The van der Waals surface area contributed by atoms with Crippen molar-refractivity contribution in [3.8, 4) is 22.4 Å². The summed E-state index contributed by atoms with van der Waals surface area (Å²) in [5.74, 6) is 0.0686. The van der Waals surface area contributed by atoms with Crippen molar-refractivity contribution in [1.29, 1.82) is 0 Å². The van der Waals surface area contributed by atoms with Crippen LogP contribution in [0.25, 0.3) is 22.4 Å². The van der Waals surface area contributed by atoms with Crippen LogP contribution in [-0.2, 0) is 11.2 Å². The molecule has 0 atom stereocenters. The third-order valence-corrected chi connectivity index (χ3v) is 6.93. The first-order valence-corrected chi connectivity index (χ1v) is 12.4. The van der Waals surface area contributed by atoms with E-state index in [2.05, 4.69) is 19.2 Å². The smallest absolute Gasteiger partial charge is 0.337 e. The fourth-order valence-corrected chi connectivity index (χ4v) is 5.15. The maximum Gasteiger partial charge on any atom is 0.337 e. The molecule has 1 aromatic heterocycles. The second-order valence-corrected chi connectivity index (χ2v) is 10.2. The maximum absolute atomic E-state index is 12.3. The van der Waals surface area contributed by atoms with Crippen LogP contribution in [0.1, 0.15) is 29.1 Å². The number of carbonyl (C=O) groups excluding carboxylic acids is 1. The number of ether oxygens (including phenoxy) is 1. The average Bonchev–Trinajstić information content (AvgIpc) is 3.21. The van der Waals surface area contributed by atoms with Crippen molar-refractivity contribution >= 4 is 51.3 Å². The van der Waals surface area contributed by atoms with Gasteiger partial charge in [0.05, 0.1) is 28.4 Å². The lowest BCUT2D eigenvalue weighted by atomic mass is 10.0. The van der Waals surface area contributed by atoms with Crippen molar-refractivity contribution in [3.63, 3.8) is 0 Å². The Labute approximate surface area is 213 Å². The maximum atomic E-state index is 12.3. The second-order valence-electron chi connectivity index (χ2n) is 8.30. The van der Waals surface area contributed by atoms with Crippen molar-refractivity contribution < 1.29 is 9.53 Å². The number of hydrogen-bond acceptors (Lipinski definition) is 5. The number of methoxy groups -OCH3 is 1. The van der Waals surface area contributed by atoms with Crippen LogP contribution in [0.15, 0.2) is 66.7 Å². The fourth-order valence-electron chi connectivity index (χ4n) is 3.64. The van der Waals surface area contributed by atoms with E-state index in [4.69, 9.17) is 32.9 Å². The Morgan fingerprint density at radius 1 is 0.971 bits per heavy atom. The summed E-state index contributed by atoms with van der Waals surface area (Å²) in [4.78, 5) is 18.4. The highest BCUT2D eigenvalue weighted by Crippen LogP contribution is 2.37. The number of thiazole rings is 1. The van der Waals surface area contributed by atoms with Gasteiger partial charge < -0.3 is 10.1 Å². The minimum Gasteiger partial charge on any atom is -0.465 e. The van der Waals surface area contributed by atoms with Crippen molar-refractivity contribution in [2.75, 3.05) is 12.4 Å². The van der Waals surface area contributed by atoms with E-state index in [0.29, 0.717) is 21.5 Å². The molecule has 0 aliphatic rings. The normalized spacial score (nSPS) is 11.0. The van der Waals surface area contributed by atoms with Crippen LogP contribution in [0.5, 0.6) is 0 Å². The molecule has 1 N–H and O–H groups in total. The van der Waals surface area contributed by atoms with Gasteiger partial charge in [-0.2, -0.15) is 0 Å². The van der Waals surface area contributed by atoms with Crippen LogP contribution in [0.4, 0.5) is 10.8 Å². The van der Waals surface area contributed by atoms with Gasteiger partial charge in [-0.05, 0) is 53.8 Å². The standard InChI is InChI=1S/C27H24Cl2N2O2S/c1-16(2)11-24-25(18-9-10-22(28)23(29)15-18)31-27(34-24)30-21-13-19(17-7-5-4-6-8-17)12-20(14-21)26(32)33-3/h4-10,12-16H,11H2,1-3H3,(H,30,31). The first kappa shape index (κ1) is 24.3. The Balaban J connectivity index is 1.75. The van der Waals surface area contributed by atoms with Crippen molar-refractivity contribution in [1.82, 2.24) is 4.98 Å². The van der Waals surface area contributed by atoms with E-state index in [1.54, 1.807) is 23.5 Å². The highest BCUT2D eigenvalue weighted by atomic mass is 35.5. The number of esters is 1. The number of carbonyl (C=O) groups is 1. The van der Waals surface area contributed by atoms with E-state index in [1.807, 2.05) is 54.6 Å². The number of benzene rings is 3. The topological polar surface area (TPSA) is 51.2 Å². The third kappa shape index (κ3) is 5.61. The molecule has 0 bridgehead atoms. The molecule has 0 saturated carbocycles. The van der Waals surface area contributed by atoms with Gasteiger partial charge in [-0.15, -0.1) is 11.3 Å². The molecule has 0 unspecified atom stereocenters. The highest BCUT2D eigenvalue weighted by Gasteiger charge is 2.17. The lowest BCUT2D eigenvalue weighted by molar-refractivity contribution is 0.0601. The molecule has 0 fully saturated rings. The van der Waals surface area contributed by atoms with Crippen LogP contribution in [0.2, 0.25) is 10.0 Å². The largest absolute Gasteiger partial charge is 0.465 e. The molecular formula is C27H24Cl2N2O2S. The van der Waals surface area contributed by atoms with E-state index >= 15 is 0 Å². The van der Waals surface area contributed by atoms with Crippen molar-refractivity contribution in [2.24, 2.45) is 5.92 Å². The molecule has 0 radical (unpaired) electrons. The predicted octanol–water partition coefficient (Wildman–Crippen LogP) is 8.51. The first-order valence-electron chi connectivity index (χ1n) is 10.8. The van der Waals surface area contributed by atoms with Gasteiger partial charge in [0.15, 0.2) is 5.13 Å². The van der Waals surface area contributed by atoms with E-state index in [0.717, 1.165) is 44.5 Å². The molecule has 4 aromatic rings. The second kappa shape index (κ2) is 10.6. The molecule has 1 heterocycles. The lowest BCUT2D eigenvalue weighted by Gasteiger charge is -2.10. The molecule has 0 spiro atoms. The quantitative estimate of drug-likeness (QED) is 0.253. The molecule has 0 aliphatic heterocycles. The molecule has 7 heteroatoms. The zero-order valence-corrected chi connectivity index (χ0v) is 21.4. The Kier molecular flexibility index (Phi) is 7.57. The van der Waals surface area contributed by atoms with Gasteiger partial charge in [-0.3, -0.25) is 0 Å². The molecule has 0 saturated heterocycles. The van der Waals surface area contributed by atoms with E-state index in [1.165, 1.54) is 7.11 Å². The van der Waals surface area contributed by atoms with Crippen LogP contribution < -0.4 is 5.32 Å². The summed E-state index contributed by atoms with van der Waals surface area (Å²) in [5, 5.41) is 5.15. The van der Waals surface area contributed by atoms with Crippen LogP contribution >= 0.6 is 34.5 Å². The Morgan fingerprint density at radius 2 is 1.74 bits per heavy atom. The molecule has 174 valence electrons. The van der Waals surface area contributed by atoms with Gasteiger partial charge in [0.1, 0.15) is 0 Å². The minimum atomic E-state index is -0.392. The zero-order valence-electron chi connectivity index (χ0n) is 19.1. The summed E-state index contributed by atoms with van der Waals surface area (Å²) in [6.45, 7) is 4.36. The summed E-state index contributed by atoms with van der Waals surface area (Å²) >= 11 is 14.0. The summed E-state index contributed by atoms with van der Waals surface area (Å²) in [7, 11) is 1.38. The number of hydrogen-bond donors (Lipinski definition) is 1. The van der Waals surface area contributed by atoms with Crippen LogP contribution in [0, 0.1) is 5.92 Å². The molecule has 3 aromatic carbocycles. The van der Waals surface area contributed by atoms with Gasteiger partial charge in [0.2, 0.25) is 0 Å². The number of anilines is 2. The Morgan fingerprint density at radius 3 is 2.41 bits per heavy atom. The number of halogens is 2. The van der Waals surface area contributed by atoms with Gasteiger partial charge in [0.25, 0.3) is 0 Å². The van der Waals surface area contributed by atoms with Crippen LogP contribution in [0.3, 0.4) is 0 Å². The van der Waals surface area contributed by atoms with Gasteiger partial charge in [0, 0.05) is 16.1 Å². The zero-order chi connectivity index (χ0) is 24.2. The summed E-state index contributed by atoms with van der Waals surface area (Å²) < 4.78 is 4.97. The summed E-state index contributed by atoms with van der Waals surface area (Å²) in [6, 6.07) is 21.1. The molecule has 0 aliphatic carbocycles. The first-order chi connectivity index (χ1) is 16.3. The number of nitrogens with one attached hydrogen (secondary N) is 1. The highest BCUT2D eigenvalue weighted by molar-refractivity contribution is 7.16. The summed E-state index contributed by atoms with van der Waals surface area (Å²) in [5.41, 5.74) is 4.94. The molecular weight excluding hydrogens is 487 g/mol. The minimum absolute atomic E-state index is 0.392. The Bertz CT molecular complexity index is 1320. The third-order valence-electron chi connectivity index (χ3n) is 5.20. The van der Waals surface area contributed by atoms with Gasteiger partial charge in [-0.1, -0.05) is 73.4 Å². The van der Waals surface area contributed by atoms with E-state index in [-0.39, 0.29) is 0 Å². The lowest BCUT2D eigenvalue weighted by Crippen LogP contribution is -2.03. The van der Waals surface area contributed by atoms with Crippen LogP contribution in [-0.4, -0.2) is 18.1 Å². The average molecular weight is 511 g/mol. The van der Waals surface area contributed by atoms with Crippen molar-refractivity contribution in [2.45, 2.75) is 20.3 Å². The predicted molar refractivity (Wildman–Crippen MR) is 143 cm³/mol. The van der Waals surface area contributed by atoms with E-state index in [9.17, 15) is 4.79 Å². The molecule has 0 amide bonds.